The fourth-order valence-electron chi connectivity index (χ4n) is 3.24. The van der Waals surface area contributed by atoms with E-state index in [-0.39, 0.29) is 17.5 Å². The molecule has 28 heavy (non-hydrogen) atoms. The lowest BCUT2D eigenvalue weighted by Crippen LogP contribution is -2.50. The van der Waals surface area contributed by atoms with Crippen molar-refractivity contribution in [3.8, 4) is 17.1 Å². The normalized spacial score (nSPS) is 14.2. The first-order chi connectivity index (χ1) is 13.7. The fraction of sp³-hybridized carbons (Fsp3) is 0.250. The Morgan fingerprint density at radius 2 is 1.75 bits per heavy atom. The van der Waals surface area contributed by atoms with E-state index in [0.29, 0.717) is 43.3 Å². The number of hydrogen-bond donors (Lipinski definition) is 0. The van der Waals surface area contributed by atoms with Crippen molar-refractivity contribution >= 4 is 23.2 Å². The van der Waals surface area contributed by atoms with Crippen molar-refractivity contribution in [2.75, 3.05) is 33.3 Å². The topological polar surface area (TPSA) is 75.9 Å². The smallest absolute Gasteiger partial charge is 0.276 e. The molecule has 8 heteroatoms. The molecule has 0 atom stereocenters. The molecule has 0 aliphatic carbocycles. The number of hydrogen-bond acceptors (Lipinski definition) is 6. The predicted molar refractivity (Wildman–Crippen MR) is 105 cm³/mol. The van der Waals surface area contributed by atoms with Gasteiger partial charge in [-0.15, -0.1) is 11.3 Å². The largest absolute Gasteiger partial charge is 0.496 e. The average molecular weight is 397 g/mol. The van der Waals surface area contributed by atoms with Crippen molar-refractivity contribution in [2.45, 2.75) is 0 Å². The maximum absolute atomic E-state index is 13.0. The number of amides is 2. The van der Waals surface area contributed by atoms with E-state index < -0.39 is 0 Å². The standard InChI is InChI=1S/C20H19N3O4S/c1-26-15-6-3-2-5-14(15)18-17(21-13-27-18)20(25)23-10-8-22(9-11-23)19(24)16-7-4-12-28-16/h2-7,12-13H,8-11H2,1H3. The van der Waals surface area contributed by atoms with Crippen LogP contribution in [0.25, 0.3) is 11.3 Å². The Labute approximate surface area is 166 Å². The minimum absolute atomic E-state index is 0.0123. The third kappa shape index (κ3) is 3.38. The van der Waals surface area contributed by atoms with Crippen molar-refractivity contribution in [1.82, 2.24) is 14.8 Å². The van der Waals surface area contributed by atoms with Crippen LogP contribution >= 0.6 is 11.3 Å². The molecule has 1 aromatic carbocycles. The number of aromatic nitrogens is 1. The highest BCUT2D eigenvalue weighted by Crippen LogP contribution is 2.32. The molecule has 2 amide bonds. The van der Waals surface area contributed by atoms with Crippen LogP contribution in [0.5, 0.6) is 5.75 Å². The number of oxazole rings is 1. The van der Waals surface area contributed by atoms with E-state index in [1.807, 2.05) is 35.7 Å². The molecule has 3 aromatic rings. The number of para-hydroxylation sites is 1. The van der Waals surface area contributed by atoms with Gasteiger partial charge in [0, 0.05) is 26.2 Å². The molecule has 0 unspecified atom stereocenters. The second kappa shape index (κ2) is 7.85. The van der Waals surface area contributed by atoms with Gasteiger partial charge in [0.15, 0.2) is 17.8 Å². The predicted octanol–water partition coefficient (Wildman–Crippen LogP) is 3.01. The Hall–Kier alpha value is -3.13. The number of piperazine rings is 1. The van der Waals surface area contributed by atoms with Crippen molar-refractivity contribution < 1.29 is 18.7 Å². The van der Waals surface area contributed by atoms with Crippen LogP contribution in [0, 0.1) is 0 Å². The van der Waals surface area contributed by atoms with Gasteiger partial charge in [-0.2, -0.15) is 0 Å². The number of benzene rings is 1. The Morgan fingerprint density at radius 1 is 1.04 bits per heavy atom. The third-order valence-electron chi connectivity index (χ3n) is 4.71. The Morgan fingerprint density at radius 3 is 2.43 bits per heavy atom. The molecule has 0 N–H and O–H groups in total. The molecule has 7 nitrogen and oxygen atoms in total. The molecule has 1 aliphatic heterocycles. The molecule has 0 radical (unpaired) electrons. The molecule has 144 valence electrons. The maximum Gasteiger partial charge on any atom is 0.276 e. The van der Waals surface area contributed by atoms with Gasteiger partial charge in [-0.05, 0) is 23.6 Å². The summed E-state index contributed by atoms with van der Waals surface area (Å²) < 4.78 is 10.9. The minimum Gasteiger partial charge on any atom is -0.496 e. The summed E-state index contributed by atoms with van der Waals surface area (Å²) in [5.41, 5.74) is 0.930. The average Bonchev–Trinajstić information content (AvgIpc) is 3.45. The van der Waals surface area contributed by atoms with Crippen LogP contribution in [-0.2, 0) is 0 Å². The molecule has 0 bridgehead atoms. The van der Waals surface area contributed by atoms with Gasteiger partial charge in [-0.1, -0.05) is 18.2 Å². The van der Waals surface area contributed by atoms with Crippen molar-refractivity contribution in [2.24, 2.45) is 0 Å². The van der Waals surface area contributed by atoms with Gasteiger partial charge >= 0.3 is 0 Å². The molecule has 4 rings (SSSR count). The zero-order valence-corrected chi connectivity index (χ0v) is 16.1. The summed E-state index contributed by atoms with van der Waals surface area (Å²) in [6, 6.07) is 11.0. The lowest BCUT2D eigenvalue weighted by molar-refractivity contribution is 0.0535. The van der Waals surface area contributed by atoms with Crippen LogP contribution in [0.1, 0.15) is 20.2 Å². The molecule has 2 aromatic heterocycles. The third-order valence-corrected chi connectivity index (χ3v) is 5.57. The lowest BCUT2D eigenvalue weighted by Gasteiger charge is -2.34. The molecule has 0 saturated carbocycles. The van der Waals surface area contributed by atoms with E-state index in [1.54, 1.807) is 23.0 Å². The van der Waals surface area contributed by atoms with E-state index in [9.17, 15) is 9.59 Å². The second-order valence-electron chi connectivity index (χ2n) is 6.29. The van der Waals surface area contributed by atoms with Crippen molar-refractivity contribution in [3.05, 3.63) is 58.7 Å². The first kappa shape index (κ1) is 18.2. The Bertz CT molecular complexity index is 975. The minimum atomic E-state index is -0.210. The van der Waals surface area contributed by atoms with Gasteiger partial charge in [0.2, 0.25) is 0 Å². The summed E-state index contributed by atoms with van der Waals surface area (Å²) in [7, 11) is 1.57. The highest BCUT2D eigenvalue weighted by Gasteiger charge is 2.29. The van der Waals surface area contributed by atoms with Crippen LogP contribution in [0.2, 0.25) is 0 Å². The molecular formula is C20H19N3O4S. The summed E-state index contributed by atoms with van der Waals surface area (Å²) >= 11 is 1.43. The van der Waals surface area contributed by atoms with Gasteiger partial charge in [0.05, 0.1) is 17.6 Å². The Balaban J connectivity index is 1.48. The second-order valence-corrected chi connectivity index (χ2v) is 7.24. The van der Waals surface area contributed by atoms with E-state index in [1.165, 1.54) is 17.7 Å². The van der Waals surface area contributed by atoms with Gasteiger partial charge in [-0.3, -0.25) is 9.59 Å². The molecule has 0 spiro atoms. The van der Waals surface area contributed by atoms with Crippen LogP contribution in [0.3, 0.4) is 0 Å². The quantitative estimate of drug-likeness (QED) is 0.676. The number of rotatable bonds is 4. The summed E-state index contributed by atoms with van der Waals surface area (Å²) in [6.07, 6.45) is 1.27. The summed E-state index contributed by atoms with van der Waals surface area (Å²) in [5, 5.41) is 1.89. The summed E-state index contributed by atoms with van der Waals surface area (Å²) in [6.45, 7) is 1.89. The summed E-state index contributed by atoms with van der Waals surface area (Å²) in [4.78, 5) is 33.8. The SMILES string of the molecule is COc1ccccc1-c1ocnc1C(=O)N1CCN(C(=O)c2cccs2)CC1. The van der Waals surface area contributed by atoms with E-state index >= 15 is 0 Å². The monoisotopic (exact) mass is 397 g/mol. The zero-order chi connectivity index (χ0) is 19.5. The maximum atomic E-state index is 13.0. The van der Waals surface area contributed by atoms with E-state index in [4.69, 9.17) is 9.15 Å². The molecule has 1 aliphatic rings. The Kier molecular flexibility index (Phi) is 5.12. The van der Waals surface area contributed by atoms with Crippen LogP contribution in [0.15, 0.2) is 52.6 Å². The van der Waals surface area contributed by atoms with Crippen LogP contribution in [-0.4, -0.2) is 59.9 Å². The molecule has 1 fully saturated rings. The van der Waals surface area contributed by atoms with Gasteiger partial charge in [0.25, 0.3) is 11.8 Å². The number of thiophene rings is 1. The van der Waals surface area contributed by atoms with Crippen LogP contribution < -0.4 is 4.74 Å². The first-order valence-corrected chi connectivity index (χ1v) is 9.76. The lowest BCUT2D eigenvalue weighted by atomic mass is 10.1. The van der Waals surface area contributed by atoms with Gasteiger partial charge in [-0.25, -0.2) is 4.98 Å². The molecular weight excluding hydrogens is 378 g/mol. The van der Waals surface area contributed by atoms with Crippen molar-refractivity contribution in [3.63, 3.8) is 0 Å². The van der Waals surface area contributed by atoms with Gasteiger partial charge in [0.1, 0.15) is 5.75 Å². The molecule has 3 heterocycles. The highest BCUT2D eigenvalue weighted by atomic mass is 32.1. The van der Waals surface area contributed by atoms with Gasteiger partial charge < -0.3 is 19.0 Å². The van der Waals surface area contributed by atoms with E-state index in [2.05, 4.69) is 4.98 Å². The number of carbonyl (C=O) groups is 2. The first-order valence-electron chi connectivity index (χ1n) is 8.88. The highest BCUT2D eigenvalue weighted by molar-refractivity contribution is 7.12. The summed E-state index contributed by atoms with van der Waals surface area (Å²) in [5.74, 6) is 0.801. The van der Waals surface area contributed by atoms with E-state index in [0.717, 1.165) is 4.88 Å². The zero-order valence-electron chi connectivity index (χ0n) is 15.3. The fourth-order valence-corrected chi connectivity index (χ4v) is 3.93. The van der Waals surface area contributed by atoms with Crippen LogP contribution in [0.4, 0.5) is 0 Å². The number of carbonyl (C=O) groups excluding carboxylic acids is 2. The molecule has 1 saturated heterocycles. The number of methoxy groups -OCH3 is 1. The van der Waals surface area contributed by atoms with Crippen molar-refractivity contribution in [1.29, 1.82) is 0 Å². The number of nitrogens with zero attached hydrogens (tertiary/aromatic N) is 3. The number of ether oxygens (including phenoxy) is 1.